The van der Waals surface area contributed by atoms with Crippen molar-refractivity contribution in [1.29, 1.82) is 0 Å². The quantitative estimate of drug-likeness (QED) is 0.444. The molecule has 0 saturated heterocycles. The van der Waals surface area contributed by atoms with E-state index in [1.807, 2.05) is 6.92 Å². The van der Waals surface area contributed by atoms with E-state index in [0.29, 0.717) is 5.92 Å². The lowest BCUT2D eigenvalue weighted by Crippen LogP contribution is -2.34. The summed E-state index contributed by atoms with van der Waals surface area (Å²) in [4.78, 5) is 22.4. The van der Waals surface area contributed by atoms with Crippen LogP contribution in [0.1, 0.15) is 85.0 Å². The molecule has 138 valence electrons. The van der Waals surface area contributed by atoms with E-state index in [-0.39, 0.29) is 0 Å². The maximum absolute atomic E-state index is 11.9. The molecule has 0 amide bonds. The van der Waals surface area contributed by atoms with Crippen LogP contribution >= 0.6 is 0 Å². The Bertz CT molecular complexity index is 421. The van der Waals surface area contributed by atoms with Gasteiger partial charge in [0.15, 0.2) is 0 Å². The van der Waals surface area contributed by atoms with E-state index in [1.54, 1.807) is 0 Å². The number of hydrogen-bond donors (Lipinski definition) is 1. The third kappa shape index (κ3) is 7.98. The Balaban J connectivity index is 2.52. The third-order valence-corrected chi connectivity index (χ3v) is 5.14. The number of aliphatic carboxylic acids is 1. The average molecular weight is 338 g/mol. The molecule has 1 aliphatic carbocycles. The molecule has 24 heavy (non-hydrogen) atoms. The van der Waals surface area contributed by atoms with Crippen LogP contribution in [0.4, 0.5) is 0 Å². The van der Waals surface area contributed by atoms with E-state index in [2.05, 4.69) is 13.8 Å². The Kier molecular flexibility index (Phi) is 9.09. The van der Waals surface area contributed by atoms with Gasteiger partial charge in [0.05, 0.1) is 0 Å². The van der Waals surface area contributed by atoms with Gasteiger partial charge in [-0.3, -0.25) is 0 Å². The zero-order valence-corrected chi connectivity index (χ0v) is 15.6. The maximum atomic E-state index is 11.9. The highest BCUT2D eigenvalue weighted by atomic mass is 16.6. The lowest BCUT2D eigenvalue weighted by atomic mass is 9.75. The number of unbranched alkanes of at least 4 members (excludes halogenated alkanes) is 1. The Morgan fingerprint density at radius 1 is 1.08 bits per heavy atom. The summed E-state index contributed by atoms with van der Waals surface area (Å²) in [5.41, 5.74) is -0.490. The number of esters is 1. The lowest BCUT2D eigenvalue weighted by molar-refractivity contribution is -0.155. The minimum atomic E-state index is -1.13. The van der Waals surface area contributed by atoms with Crippen LogP contribution in [0.25, 0.3) is 0 Å². The van der Waals surface area contributed by atoms with Gasteiger partial charge in [0.1, 0.15) is 5.60 Å². The fraction of sp³-hybridized carbons (Fsp3) is 0.800. The summed E-state index contributed by atoms with van der Waals surface area (Å²) in [6.07, 6.45) is 13.5. The number of carboxylic acids is 1. The molecular formula is C20H34O4. The molecule has 0 bridgehead atoms. The smallest absolute Gasteiger partial charge is 0.331 e. The predicted molar refractivity (Wildman–Crippen MR) is 95.8 cm³/mol. The van der Waals surface area contributed by atoms with Crippen molar-refractivity contribution in [1.82, 2.24) is 0 Å². The SMILES string of the molecule is CCCCC1CCC(CC(C)(CCC)OC(=O)/C=C/C(=O)O)CC1. The van der Waals surface area contributed by atoms with Crippen molar-refractivity contribution >= 4 is 11.9 Å². The van der Waals surface area contributed by atoms with Crippen molar-refractivity contribution in [2.24, 2.45) is 11.8 Å². The molecule has 0 aromatic heterocycles. The molecule has 0 aliphatic heterocycles. The number of carbonyl (C=O) groups excluding carboxylic acids is 1. The van der Waals surface area contributed by atoms with E-state index >= 15 is 0 Å². The first kappa shape index (κ1) is 20.7. The highest BCUT2D eigenvalue weighted by Crippen LogP contribution is 2.38. The van der Waals surface area contributed by atoms with Crippen LogP contribution in [0.15, 0.2) is 12.2 Å². The molecule has 1 N–H and O–H groups in total. The Morgan fingerprint density at radius 3 is 2.25 bits per heavy atom. The third-order valence-electron chi connectivity index (χ3n) is 5.14. The summed E-state index contributed by atoms with van der Waals surface area (Å²) >= 11 is 0. The van der Waals surface area contributed by atoms with Crippen LogP contribution in [0.2, 0.25) is 0 Å². The van der Waals surface area contributed by atoms with Crippen molar-refractivity contribution in [3.05, 3.63) is 12.2 Å². The molecule has 0 aromatic rings. The Hall–Kier alpha value is -1.32. The van der Waals surface area contributed by atoms with Crippen LogP contribution in [0.5, 0.6) is 0 Å². The standard InChI is InChI=1S/C20H34O4/c1-4-6-7-16-8-10-17(11-9-16)15-20(3,14-5-2)24-19(23)13-12-18(21)22/h12-13,16-17H,4-11,14-15H2,1-3H3,(H,21,22)/b13-12+. The minimum Gasteiger partial charge on any atom is -0.478 e. The van der Waals surface area contributed by atoms with Gasteiger partial charge >= 0.3 is 11.9 Å². The highest BCUT2D eigenvalue weighted by molar-refractivity contribution is 5.90. The number of hydrogen-bond acceptors (Lipinski definition) is 3. The molecule has 0 radical (unpaired) electrons. The number of carbonyl (C=O) groups is 2. The highest BCUT2D eigenvalue weighted by Gasteiger charge is 2.32. The molecule has 1 unspecified atom stereocenters. The van der Waals surface area contributed by atoms with Crippen molar-refractivity contribution in [3.8, 4) is 0 Å². The summed E-state index contributed by atoms with van der Waals surface area (Å²) in [6, 6.07) is 0. The van der Waals surface area contributed by atoms with Crippen LogP contribution in [-0.4, -0.2) is 22.6 Å². The first-order valence-corrected chi connectivity index (χ1v) is 9.52. The number of rotatable bonds is 10. The summed E-state index contributed by atoms with van der Waals surface area (Å²) in [5, 5.41) is 8.62. The van der Waals surface area contributed by atoms with Gasteiger partial charge in [-0.05, 0) is 31.6 Å². The fourth-order valence-corrected chi connectivity index (χ4v) is 3.97. The zero-order chi connectivity index (χ0) is 18.0. The average Bonchev–Trinajstić information content (AvgIpc) is 2.52. The monoisotopic (exact) mass is 338 g/mol. The molecule has 1 atom stereocenters. The van der Waals surface area contributed by atoms with E-state index in [0.717, 1.165) is 37.3 Å². The van der Waals surface area contributed by atoms with Crippen molar-refractivity contribution in [2.75, 3.05) is 0 Å². The van der Waals surface area contributed by atoms with Crippen LogP contribution in [0.3, 0.4) is 0 Å². The van der Waals surface area contributed by atoms with E-state index in [1.165, 1.54) is 44.9 Å². The minimum absolute atomic E-state index is 0.490. The zero-order valence-electron chi connectivity index (χ0n) is 15.6. The topological polar surface area (TPSA) is 63.6 Å². The maximum Gasteiger partial charge on any atom is 0.331 e. The molecule has 1 aliphatic rings. The van der Waals surface area contributed by atoms with Gasteiger partial charge in [0.2, 0.25) is 0 Å². The van der Waals surface area contributed by atoms with E-state index in [4.69, 9.17) is 9.84 Å². The second kappa shape index (κ2) is 10.5. The molecule has 4 nitrogen and oxygen atoms in total. The summed E-state index contributed by atoms with van der Waals surface area (Å²) in [5.74, 6) is -0.199. The lowest BCUT2D eigenvalue weighted by Gasteiger charge is -2.36. The molecule has 0 heterocycles. The van der Waals surface area contributed by atoms with Crippen LogP contribution in [-0.2, 0) is 14.3 Å². The Morgan fingerprint density at radius 2 is 1.71 bits per heavy atom. The summed E-state index contributed by atoms with van der Waals surface area (Å²) in [6.45, 7) is 6.32. The largest absolute Gasteiger partial charge is 0.478 e. The van der Waals surface area contributed by atoms with Crippen molar-refractivity contribution in [3.63, 3.8) is 0 Å². The first-order valence-electron chi connectivity index (χ1n) is 9.52. The fourth-order valence-electron chi connectivity index (χ4n) is 3.97. The van der Waals surface area contributed by atoms with E-state index < -0.39 is 17.5 Å². The number of ether oxygens (including phenoxy) is 1. The van der Waals surface area contributed by atoms with E-state index in [9.17, 15) is 9.59 Å². The molecule has 1 saturated carbocycles. The molecule has 1 rings (SSSR count). The van der Waals surface area contributed by atoms with Crippen LogP contribution < -0.4 is 0 Å². The molecule has 0 spiro atoms. The van der Waals surface area contributed by atoms with Crippen molar-refractivity contribution < 1.29 is 19.4 Å². The second-order valence-corrected chi connectivity index (χ2v) is 7.53. The molecular weight excluding hydrogens is 304 g/mol. The van der Waals surface area contributed by atoms with Crippen molar-refractivity contribution in [2.45, 2.75) is 90.6 Å². The Labute approximate surface area is 146 Å². The van der Waals surface area contributed by atoms with Gasteiger partial charge in [-0.25, -0.2) is 9.59 Å². The molecule has 4 heteroatoms. The summed E-state index contributed by atoms with van der Waals surface area (Å²) in [7, 11) is 0. The van der Waals surface area contributed by atoms with Gasteiger partial charge in [-0.15, -0.1) is 0 Å². The van der Waals surface area contributed by atoms with Gasteiger partial charge in [-0.2, -0.15) is 0 Å². The number of carboxylic acid groups (broad SMARTS) is 1. The van der Waals surface area contributed by atoms with Gasteiger partial charge in [-0.1, -0.05) is 65.2 Å². The van der Waals surface area contributed by atoms with Gasteiger partial charge < -0.3 is 9.84 Å². The summed E-state index contributed by atoms with van der Waals surface area (Å²) < 4.78 is 5.63. The molecule has 1 fully saturated rings. The van der Waals surface area contributed by atoms with Gasteiger partial charge in [0.25, 0.3) is 0 Å². The second-order valence-electron chi connectivity index (χ2n) is 7.53. The first-order chi connectivity index (χ1) is 11.4. The van der Waals surface area contributed by atoms with Crippen LogP contribution in [0, 0.1) is 11.8 Å². The normalized spacial score (nSPS) is 23.8. The molecule has 0 aromatic carbocycles. The van der Waals surface area contributed by atoms with Gasteiger partial charge in [0, 0.05) is 12.2 Å². The predicted octanol–water partition coefficient (Wildman–Crippen LogP) is 5.12.